The molecule has 1 aliphatic heterocycles. The van der Waals surface area contributed by atoms with Gasteiger partial charge < -0.3 is 15.2 Å². The first-order valence-corrected chi connectivity index (χ1v) is 10.2. The van der Waals surface area contributed by atoms with E-state index in [1.807, 2.05) is 60.7 Å². The van der Waals surface area contributed by atoms with Crippen molar-refractivity contribution < 1.29 is 24.3 Å². The number of hydroxylamine groups is 2. The number of amides is 1. The molecular weight excluding hydrogens is 384 g/mol. The summed E-state index contributed by atoms with van der Waals surface area (Å²) in [5, 5.41) is 13.4. The zero-order valence-corrected chi connectivity index (χ0v) is 16.9. The number of hydrogen-bond donors (Lipinski definition) is 2. The summed E-state index contributed by atoms with van der Waals surface area (Å²) in [7, 11) is 0. The fourth-order valence-corrected chi connectivity index (χ4v) is 3.40. The average Bonchev–Trinajstić information content (AvgIpc) is 2.79. The van der Waals surface area contributed by atoms with Crippen molar-refractivity contribution in [3.05, 3.63) is 71.8 Å². The first kappa shape index (κ1) is 21.8. The van der Waals surface area contributed by atoms with Crippen LogP contribution in [-0.4, -0.2) is 41.4 Å². The first-order valence-electron chi connectivity index (χ1n) is 10.2. The molecule has 1 aliphatic rings. The van der Waals surface area contributed by atoms with Crippen LogP contribution in [0, 0.1) is 5.92 Å². The van der Waals surface area contributed by atoms with E-state index in [4.69, 9.17) is 14.7 Å². The van der Waals surface area contributed by atoms with Crippen molar-refractivity contribution in [3.8, 4) is 0 Å². The summed E-state index contributed by atoms with van der Waals surface area (Å²) in [6.07, 6.45) is 1.56. The van der Waals surface area contributed by atoms with Gasteiger partial charge >= 0.3 is 12.1 Å². The molecule has 30 heavy (non-hydrogen) atoms. The lowest BCUT2D eigenvalue weighted by atomic mass is 9.92. The summed E-state index contributed by atoms with van der Waals surface area (Å²) in [5.74, 6) is -0.531. The van der Waals surface area contributed by atoms with E-state index in [1.54, 1.807) is 0 Å². The zero-order valence-electron chi connectivity index (χ0n) is 16.9. The van der Waals surface area contributed by atoms with Gasteiger partial charge in [-0.1, -0.05) is 60.7 Å². The molecule has 7 nitrogen and oxygen atoms in total. The molecule has 1 amide bonds. The molecule has 2 aromatic rings. The molecule has 1 fully saturated rings. The van der Waals surface area contributed by atoms with Gasteiger partial charge in [-0.15, -0.1) is 0 Å². The Labute approximate surface area is 176 Å². The Bertz CT molecular complexity index is 792. The number of nitrogens with zero attached hydrogens (tertiary/aromatic N) is 1. The zero-order chi connectivity index (χ0) is 21.2. The van der Waals surface area contributed by atoms with E-state index in [1.165, 1.54) is 5.06 Å². The maximum atomic E-state index is 12.6. The SMILES string of the molecule is O=C(O)[C@H]1CC[C@H](CCN(OCc2ccccc2)C(=O)OCc2ccccc2)CN1. The van der Waals surface area contributed by atoms with Gasteiger partial charge in [-0.25, -0.2) is 4.79 Å². The fraction of sp³-hybridized carbons (Fsp3) is 0.391. The number of piperidine rings is 1. The number of carbonyl (C=O) groups is 2. The topological polar surface area (TPSA) is 88.1 Å². The van der Waals surface area contributed by atoms with Crippen molar-refractivity contribution in [2.24, 2.45) is 5.92 Å². The second kappa shape index (κ2) is 11.3. The van der Waals surface area contributed by atoms with Gasteiger partial charge in [0.2, 0.25) is 0 Å². The maximum Gasteiger partial charge on any atom is 0.434 e. The minimum atomic E-state index is -0.814. The quantitative estimate of drug-likeness (QED) is 0.612. The molecule has 0 saturated carbocycles. The van der Waals surface area contributed by atoms with Crippen LogP contribution >= 0.6 is 0 Å². The predicted octanol–water partition coefficient (Wildman–Crippen LogP) is 3.60. The number of benzene rings is 2. The van der Waals surface area contributed by atoms with Gasteiger partial charge in [0.25, 0.3) is 0 Å². The summed E-state index contributed by atoms with van der Waals surface area (Å²) in [6.45, 7) is 1.44. The Kier molecular flexibility index (Phi) is 8.23. The van der Waals surface area contributed by atoms with Gasteiger partial charge in [0, 0.05) is 0 Å². The lowest BCUT2D eigenvalue weighted by Crippen LogP contribution is -2.44. The van der Waals surface area contributed by atoms with Crippen molar-refractivity contribution in [2.45, 2.75) is 38.5 Å². The summed E-state index contributed by atoms with van der Waals surface area (Å²) in [6, 6.07) is 18.7. The molecule has 1 heterocycles. The number of ether oxygens (including phenoxy) is 1. The largest absolute Gasteiger partial charge is 0.480 e. The number of carbonyl (C=O) groups excluding carboxylic acids is 1. The molecule has 7 heteroatoms. The minimum Gasteiger partial charge on any atom is -0.480 e. The molecule has 1 saturated heterocycles. The Balaban J connectivity index is 1.53. The monoisotopic (exact) mass is 412 g/mol. The Hall–Kier alpha value is -2.90. The van der Waals surface area contributed by atoms with E-state index < -0.39 is 18.1 Å². The summed E-state index contributed by atoms with van der Waals surface area (Å²) in [4.78, 5) is 29.5. The third kappa shape index (κ3) is 6.86. The molecule has 2 atom stereocenters. The second-order valence-corrected chi connectivity index (χ2v) is 7.43. The molecule has 2 aromatic carbocycles. The third-order valence-corrected chi connectivity index (χ3v) is 5.19. The van der Waals surface area contributed by atoms with E-state index in [0.29, 0.717) is 25.9 Å². The number of carboxylic acid groups (broad SMARTS) is 1. The number of rotatable bonds is 9. The Morgan fingerprint density at radius 3 is 2.17 bits per heavy atom. The van der Waals surface area contributed by atoms with Crippen LogP contribution in [0.4, 0.5) is 4.79 Å². The van der Waals surface area contributed by atoms with E-state index in [-0.39, 0.29) is 19.1 Å². The number of aliphatic carboxylic acids is 1. The highest BCUT2D eigenvalue weighted by atomic mass is 16.7. The molecule has 3 rings (SSSR count). The number of carboxylic acids is 1. The maximum absolute atomic E-state index is 12.6. The standard InChI is InChI=1S/C23H28N2O5/c26-22(27)21-12-11-18(15-24-21)13-14-25(30-17-20-9-5-2-6-10-20)23(28)29-16-19-7-3-1-4-8-19/h1-10,18,21,24H,11-17H2,(H,26,27)/t18-,21-/m1/s1. The van der Waals surface area contributed by atoms with Gasteiger partial charge in [0.15, 0.2) is 0 Å². The van der Waals surface area contributed by atoms with Crippen LogP contribution in [-0.2, 0) is 27.6 Å². The van der Waals surface area contributed by atoms with Crippen LogP contribution in [0.2, 0.25) is 0 Å². The van der Waals surface area contributed by atoms with Gasteiger partial charge in [0.1, 0.15) is 19.3 Å². The van der Waals surface area contributed by atoms with E-state index in [9.17, 15) is 9.59 Å². The molecule has 0 aliphatic carbocycles. The van der Waals surface area contributed by atoms with Crippen molar-refractivity contribution in [2.75, 3.05) is 13.1 Å². The van der Waals surface area contributed by atoms with Crippen molar-refractivity contribution in [3.63, 3.8) is 0 Å². The molecule has 0 bridgehead atoms. The molecule has 0 radical (unpaired) electrons. The highest BCUT2D eigenvalue weighted by Gasteiger charge is 2.26. The molecular formula is C23H28N2O5. The van der Waals surface area contributed by atoms with Crippen LogP contribution in [0.5, 0.6) is 0 Å². The highest BCUT2D eigenvalue weighted by Crippen LogP contribution is 2.19. The fourth-order valence-electron chi connectivity index (χ4n) is 3.40. The van der Waals surface area contributed by atoms with Gasteiger partial charge in [-0.2, -0.15) is 5.06 Å². The highest BCUT2D eigenvalue weighted by molar-refractivity contribution is 5.73. The summed E-state index contributed by atoms with van der Waals surface area (Å²) in [5.41, 5.74) is 1.87. The molecule has 160 valence electrons. The lowest BCUT2D eigenvalue weighted by molar-refractivity contribution is -0.150. The van der Waals surface area contributed by atoms with Gasteiger partial charge in [0.05, 0.1) is 6.54 Å². The van der Waals surface area contributed by atoms with Crippen LogP contribution in [0.1, 0.15) is 30.4 Å². The van der Waals surface area contributed by atoms with Gasteiger partial charge in [-0.3, -0.25) is 9.63 Å². The van der Waals surface area contributed by atoms with E-state index in [2.05, 4.69) is 5.32 Å². The summed E-state index contributed by atoms with van der Waals surface area (Å²) >= 11 is 0. The molecule has 0 spiro atoms. The van der Waals surface area contributed by atoms with Crippen molar-refractivity contribution >= 4 is 12.1 Å². The Morgan fingerprint density at radius 2 is 1.60 bits per heavy atom. The van der Waals surface area contributed by atoms with E-state index in [0.717, 1.165) is 17.5 Å². The molecule has 0 unspecified atom stereocenters. The average molecular weight is 412 g/mol. The minimum absolute atomic E-state index is 0.177. The van der Waals surface area contributed by atoms with Crippen molar-refractivity contribution in [1.29, 1.82) is 0 Å². The van der Waals surface area contributed by atoms with Crippen LogP contribution in [0.3, 0.4) is 0 Å². The van der Waals surface area contributed by atoms with Crippen LogP contribution < -0.4 is 5.32 Å². The van der Waals surface area contributed by atoms with Crippen LogP contribution in [0.15, 0.2) is 60.7 Å². The van der Waals surface area contributed by atoms with Gasteiger partial charge in [-0.05, 0) is 42.9 Å². The first-order chi connectivity index (χ1) is 14.6. The lowest BCUT2D eigenvalue weighted by Gasteiger charge is -2.29. The normalized spacial score (nSPS) is 18.5. The molecule has 2 N–H and O–H groups in total. The smallest absolute Gasteiger partial charge is 0.434 e. The number of hydrogen-bond acceptors (Lipinski definition) is 5. The second-order valence-electron chi connectivity index (χ2n) is 7.43. The third-order valence-electron chi connectivity index (χ3n) is 5.19. The van der Waals surface area contributed by atoms with E-state index >= 15 is 0 Å². The predicted molar refractivity (Wildman–Crippen MR) is 111 cm³/mol. The Morgan fingerprint density at radius 1 is 0.967 bits per heavy atom. The van der Waals surface area contributed by atoms with Crippen molar-refractivity contribution in [1.82, 2.24) is 10.4 Å². The molecule has 0 aromatic heterocycles. The van der Waals surface area contributed by atoms with Crippen LogP contribution in [0.25, 0.3) is 0 Å². The number of nitrogens with one attached hydrogen (secondary N) is 1. The summed E-state index contributed by atoms with van der Waals surface area (Å²) < 4.78 is 5.44.